The van der Waals surface area contributed by atoms with Crippen molar-refractivity contribution in [3.05, 3.63) is 0 Å². The Morgan fingerprint density at radius 1 is 1.36 bits per heavy atom. The Kier molecular flexibility index (Phi) is 2.02. The molecule has 76 valence electrons. The lowest BCUT2D eigenvalue weighted by Crippen LogP contribution is -2.26. The largest absolute Gasteiger partial charge is 0.366 e. The number of rotatable bonds is 0. The fourth-order valence-electron chi connectivity index (χ4n) is 1.11. The van der Waals surface area contributed by atoms with E-state index in [0.717, 1.165) is 16.6 Å². The van der Waals surface area contributed by atoms with Crippen molar-refractivity contribution in [2.75, 3.05) is 11.5 Å². The maximum atomic E-state index is 5.64. The van der Waals surface area contributed by atoms with Gasteiger partial charge in [0.25, 0.3) is 0 Å². The van der Waals surface area contributed by atoms with Crippen molar-refractivity contribution in [2.45, 2.75) is 25.9 Å². The maximum absolute atomic E-state index is 5.64. The van der Waals surface area contributed by atoms with Gasteiger partial charge < -0.3 is 5.73 Å². The van der Waals surface area contributed by atoms with Gasteiger partial charge in [0.2, 0.25) is 11.1 Å². The van der Waals surface area contributed by atoms with E-state index in [4.69, 9.17) is 5.73 Å². The highest BCUT2D eigenvalue weighted by molar-refractivity contribution is 7.99. The zero-order valence-electron chi connectivity index (χ0n) is 8.48. The molecule has 0 bridgehead atoms. The molecule has 0 spiro atoms. The van der Waals surface area contributed by atoms with Crippen LogP contribution in [0.15, 0.2) is 10.3 Å². The molecule has 0 radical (unpaired) electrons. The minimum atomic E-state index is 0.0708. The van der Waals surface area contributed by atoms with Crippen molar-refractivity contribution in [3.8, 4) is 0 Å². The molecule has 0 aromatic carbocycles. The van der Waals surface area contributed by atoms with Gasteiger partial charge in [-0.25, -0.2) is 0 Å². The Labute approximate surface area is 86.8 Å². The highest BCUT2D eigenvalue weighted by Crippen LogP contribution is 2.28. The molecule has 0 atom stereocenters. The minimum absolute atomic E-state index is 0.0708. The van der Waals surface area contributed by atoms with Gasteiger partial charge in [0.15, 0.2) is 0 Å². The number of anilines is 1. The van der Waals surface area contributed by atoms with Crippen molar-refractivity contribution >= 4 is 23.4 Å². The third kappa shape index (κ3) is 1.50. The van der Waals surface area contributed by atoms with E-state index in [2.05, 4.69) is 36.1 Å². The molecule has 0 amide bonds. The molecule has 6 heteroatoms. The average molecular weight is 211 g/mol. The lowest BCUT2D eigenvalue weighted by Gasteiger charge is -2.23. The summed E-state index contributed by atoms with van der Waals surface area (Å²) in [5, 5.41) is 12.9. The van der Waals surface area contributed by atoms with Crippen molar-refractivity contribution in [1.82, 2.24) is 14.9 Å². The summed E-state index contributed by atoms with van der Waals surface area (Å²) in [6.45, 7) is 6.41. The number of nitrogens with two attached hydrogens (primary N) is 1. The molecule has 0 aliphatic carbocycles. The van der Waals surface area contributed by atoms with Crippen LogP contribution in [0.3, 0.4) is 0 Å². The van der Waals surface area contributed by atoms with Crippen molar-refractivity contribution < 1.29 is 0 Å². The summed E-state index contributed by atoms with van der Waals surface area (Å²) >= 11 is 1.62. The quantitative estimate of drug-likeness (QED) is 0.700. The standard InChI is InChI=1S/C8H13N5S/c1-8(2,3)5-4-14-7-11-10-6(9)13(7)12-5/h4H2,1-3H3,(H2,9,10). The number of hydrogen-bond acceptors (Lipinski definition) is 5. The first-order chi connectivity index (χ1) is 6.48. The first-order valence-corrected chi connectivity index (χ1v) is 5.39. The molecular weight excluding hydrogens is 198 g/mol. The van der Waals surface area contributed by atoms with Crippen LogP contribution in [0.1, 0.15) is 20.8 Å². The van der Waals surface area contributed by atoms with E-state index in [1.807, 2.05) is 0 Å². The summed E-state index contributed by atoms with van der Waals surface area (Å²) in [4.78, 5) is 0. The Bertz CT molecular complexity index is 387. The monoisotopic (exact) mass is 211 g/mol. The van der Waals surface area contributed by atoms with Crippen LogP contribution in [0.2, 0.25) is 0 Å². The molecule has 1 aliphatic heterocycles. The van der Waals surface area contributed by atoms with Gasteiger partial charge in [-0.05, 0) is 0 Å². The van der Waals surface area contributed by atoms with Gasteiger partial charge in [-0.15, -0.1) is 10.2 Å². The van der Waals surface area contributed by atoms with Gasteiger partial charge in [-0.3, -0.25) is 0 Å². The summed E-state index contributed by atoms with van der Waals surface area (Å²) in [6, 6.07) is 0. The van der Waals surface area contributed by atoms with Crippen LogP contribution in [0.5, 0.6) is 0 Å². The SMILES string of the molecule is CC(C)(C)C1=Nn2c(N)nnc2SC1. The van der Waals surface area contributed by atoms with Gasteiger partial charge >= 0.3 is 0 Å². The van der Waals surface area contributed by atoms with E-state index >= 15 is 0 Å². The molecule has 2 heterocycles. The summed E-state index contributed by atoms with van der Waals surface area (Å²) in [5.74, 6) is 1.22. The van der Waals surface area contributed by atoms with Gasteiger partial charge in [0.05, 0.1) is 5.71 Å². The Hall–Kier alpha value is -1.04. The summed E-state index contributed by atoms with van der Waals surface area (Å²) in [6.07, 6.45) is 0. The predicted molar refractivity (Wildman–Crippen MR) is 57.4 cm³/mol. The number of thioether (sulfide) groups is 1. The van der Waals surface area contributed by atoms with Gasteiger partial charge in [0, 0.05) is 11.2 Å². The van der Waals surface area contributed by atoms with Crippen molar-refractivity contribution in [1.29, 1.82) is 0 Å². The number of nitrogens with zero attached hydrogens (tertiary/aromatic N) is 4. The van der Waals surface area contributed by atoms with Crippen LogP contribution in [0.4, 0.5) is 5.95 Å². The topological polar surface area (TPSA) is 69.1 Å². The van der Waals surface area contributed by atoms with Crippen LogP contribution in [0, 0.1) is 5.41 Å². The second-order valence-electron chi connectivity index (χ2n) is 4.24. The van der Waals surface area contributed by atoms with E-state index in [1.165, 1.54) is 0 Å². The molecule has 14 heavy (non-hydrogen) atoms. The highest BCUT2D eigenvalue weighted by atomic mass is 32.2. The van der Waals surface area contributed by atoms with Gasteiger partial charge in [-0.1, -0.05) is 32.5 Å². The molecule has 1 aromatic heterocycles. The Morgan fingerprint density at radius 3 is 2.71 bits per heavy atom. The highest BCUT2D eigenvalue weighted by Gasteiger charge is 2.25. The van der Waals surface area contributed by atoms with E-state index in [9.17, 15) is 0 Å². The zero-order chi connectivity index (χ0) is 10.3. The van der Waals surface area contributed by atoms with Gasteiger partial charge in [0.1, 0.15) is 0 Å². The fraction of sp³-hybridized carbons (Fsp3) is 0.625. The van der Waals surface area contributed by atoms with Crippen LogP contribution in [-0.4, -0.2) is 26.3 Å². The van der Waals surface area contributed by atoms with Crippen molar-refractivity contribution in [2.24, 2.45) is 10.5 Å². The molecule has 5 nitrogen and oxygen atoms in total. The summed E-state index contributed by atoms with van der Waals surface area (Å²) < 4.78 is 1.61. The Morgan fingerprint density at radius 2 is 2.07 bits per heavy atom. The molecular formula is C8H13N5S. The number of nitrogen functional groups attached to an aromatic ring is 1. The third-order valence-corrected chi connectivity index (χ3v) is 2.99. The smallest absolute Gasteiger partial charge is 0.243 e. The normalized spacial score (nSPS) is 16.4. The van der Waals surface area contributed by atoms with Crippen LogP contribution in [0.25, 0.3) is 0 Å². The molecule has 0 saturated heterocycles. The molecule has 0 saturated carbocycles. The zero-order valence-corrected chi connectivity index (χ0v) is 9.30. The van der Waals surface area contributed by atoms with Crippen molar-refractivity contribution in [3.63, 3.8) is 0 Å². The summed E-state index contributed by atoms with van der Waals surface area (Å²) in [7, 11) is 0. The van der Waals surface area contributed by atoms with E-state index in [1.54, 1.807) is 16.4 Å². The molecule has 2 rings (SSSR count). The average Bonchev–Trinajstić information content (AvgIpc) is 2.46. The van der Waals surface area contributed by atoms with E-state index in [-0.39, 0.29) is 5.41 Å². The molecule has 0 fully saturated rings. The van der Waals surface area contributed by atoms with E-state index in [0.29, 0.717) is 5.95 Å². The molecule has 1 aliphatic rings. The Balaban J connectivity index is 2.44. The first kappa shape index (κ1) is 9.51. The summed E-state index contributed by atoms with van der Waals surface area (Å²) in [5.41, 5.74) is 6.82. The van der Waals surface area contributed by atoms with Crippen LogP contribution >= 0.6 is 11.8 Å². The lowest BCUT2D eigenvalue weighted by molar-refractivity contribution is 0.574. The second kappa shape index (κ2) is 2.98. The van der Waals surface area contributed by atoms with Crippen LogP contribution in [-0.2, 0) is 0 Å². The second-order valence-corrected chi connectivity index (χ2v) is 5.18. The molecule has 1 aromatic rings. The minimum Gasteiger partial charge on any atom is -0.366 e. The van der Waals surface area contributed by atoms with Crippen LogP contribution < -0.4 is 5.73 Å². The third-order valence-electron chi connectivity index (χ3n) is 2.06. The maximum Gasteiger partial charge on any atom is 0.243 e. The fourth-order valence-corrected chi connectivity index (χ4v) is 2.22. The predicted octanol–water partition coefficient (Wildman–Crippen LogP) is 1.22. The molecule has 2 N–H and O–H groups in total. The number of hydrogen-bond donors (Lipinski definition) is 1. The number of aromatic nitrogens is 3. The lowest BCUT2D eigenvalue weighted by atomic mass is 9.91. The molecule has 0 unspecified atom stereocenters. The first-order valence-electron chi connectivity index (χ1n) is 4.40. The van der Waals surface area contributed by atoms with Gasteiger partial charge in [-0.2, -0.15) is 9.78 Å². The van der Waals surface area contributed by atoms with E-state index < -0.39 is 0 Å². The number of fused-ring (bicyclic) bond motifs is 1.